The zero-order valence-electron chi connectivity index (χ0n) is 23.8. The maximum absolute atomic E-state index is 11.2. The van der Waals surface area contributed by atoms with E-state index < -0.39 is 12.1 Å². The Morgan fingerprint density at radius 2 is 1.88 bits per heavy atom. The second kappa shape index (κ2) is 17.2. The first-order valence-corrected chi connectivity index (χ1v) is 15.5. The van der Waals surface area contributed by atoms with E-state index in [2.05, 4.69) is 6.08 Å². The SMILES string of the molecule is O=C(O)CCC/C=C\C[C@@H]1[C@@H](/C=C/[C@H](COc2cccc(Cl)c2)OC2CCCCO2)[C@H](O)C[C@@H]1OC1CCCCO1. The number of carboxylic acids is 1. The van der Waals surface area contributed by atoms with Crippen molar-refractivity contribution in [2.45, 2.75) is 102 Å². The van der Waals surface area contributed by atoms with Gasteiger partial charge in [0.05, 0.1) is 12.2 Å². The molecule has 2 aliphatic heterocycles. The lowest BCUT2D eigenvalue weighted by Gasteiger charge is -2.30. The molecular formula is C32H45ClO8. The third kappa shape index (κ3) is 11.0. The Morgan fingerprint density at radius 3 is 2.59 bits per heavy atom. The van der Waals surface area contributed by atoms with Crippen molar-refractivity contribution in [1.82, 2.24) is 0 Å². The van der Waals surface area contributed by atoms with Gasteiger partial charge in [-0.15, -0.1) is 0 Å². The Kier molecular flexibility index (Phi) is 13.5. The molecule has 4 rings (SSSR count). The number of carboxylic acid groups (broad SMARTS) is 1. The van der Waals surface area contributed by atoms with Crippen LogP contribution >= 0.6 is 11.6 Å². The number of rotatable bonds is 15. The van der Waals surface area contributed by atoms with Crippen molar-refractivity contribution >= 4 is 17.6 Å². The number of hydrogen-bond acceptors (Lipinski definition) is 7. The molecule has 0 spiro atoms. The van der Waals surface area contributed by atoms with Gasteiger partial charge < -0.3 is 33.9 Å². The summed E-state index contributed by atoms with van der Waals surface area (Å²) in [7, 11) is 0. The van der Waals surface area contributed by atoms with Crippen LogP contribution in [0.1, 0.15) is 70.6 Å². The molecular weight excluding hydrogens is 548 g/mol. The molecule has 1 saturated carbocycles. The summed E-state index contributed by atoms with van der Waals surface area (Å²) in [5.41, 5.74) is 0. The van der Waals surface area contributed by atoms with E-state index in [9.17, 15) is 9.90 Å². The normalized spacial score (nSPS) is 29.7. The summed E-state index contributed by atoms with van der Waals surface area (Å²) in [6.07, 6.45) is 15.2. The third-order valence-electron chi connectivity index (χ3n) is 7.91. The maximum Gasteiger partial charge on any atom is 0.303 e. The first kappa shape index (κ1) is 32.0. The fourth-order valence-corrected chi connectivity index (χ4v) is 5.92. The predicted octanol–water partition coefficient (Wildman–Crippen LogP) is 6.30. The van der Waals surface area contributed by atoms with E-state index in [4.69, 9.17) is 40.4 Å². The molecule has 0 radical (unpaired) electrons. The molecule has 2 N–H and O–H groups in total. The highest BCUT2D eigenvalue weighted by Crippen LogP contribution is 2.39. The smallest absolute Gasteiger partial charge is 0.303 e. The van der Waals surface area contributed by atoms with Crippen LogP contribution in [-0.4, -0.2) is 66.9 Å². The lowest BCUT2D eigenvalue weighted by Crippen LogP contribution is -2.31. The third-order valence-corrected chi connectivity index (χ3v) is 8.15. The van der Waals surface area contributed by atoms with Crippen LogP contribution in [0.15, 0.2) is 48.6 Å². The van der Waals surface area contributed by atoms with Gasteiger partial charge in [0.25, 0.3) is 0 Å². The molecule has 2 saturated heterocycles. The van der Waals surface area contributed by atoms with Gasteiger partial charge in [0.1, 0.15) is 18.5 Å². The van der Waals surface area contributed by atoms with Crippen LogP contribution in [0.2, 0.25) is 5.02 Å². The summed E-state index contributed by atoms with van der Waals surface area (Å²) in [6, 6.07) is 7.28. The van der Waals surface area contributed by atoms with E-state index in [1.807, 2.05) is 30.4 Å². The van der Waals surface area contributed by atoms with Crippen LogP contribution in [0.4, 0.5) is 0 Å². The van der Waals surface area contributed by atoms with Crippen LogP contribution in [0.3, 0.4) is 0 Å². The van der Waals surface area contributed by atoms with Crippen molar-refractivity contribution in [3.05, 3.63) is 53.6 Å². The van der Waals surface area contributed by atoms with E-state index >= 15 is 0 Å². The highest BCUT2D eigenvalue weighted by atomic mass is 35.5. The first-order chi connectivity index (χ1) is 20.0. The van der Waals surface area contributed by atoms with Crippen molar-refractivity contribution < 1.29 is 38.7 Å². The molecule has 1 aromatic carbocycles. The number of carbonyl (C=O) groups is 1. The fourth-order valence-electron chi connectivity index (χ4n) is 5.74. The molecule has 2 heterocycles. The lowest BCUT2D eigenvalue weighted by atomic mass is 9.89. The monoisotopic (exact) mass is 592 g/mol. The second-order valence-electron chi connectivity index (χ2n) is 11.1. The van der Waals surface area contributed by atoms with Gasteiger partial charge in [0.2, 0.25) is 0 Å². The largest absolute Gasteiger partial charge is 0.490 e. The van der Waals surface area contributed by atoms with Crippen molar-refractivity contribution in [3.63, 3.8) is 0 Å². The zero-order valence-corrected chi connectivity index (χ0v) is 24.5. The Balaban J connectivity index is 1.44. The summed E-state index contributed by atoms with van der Waals surface area (Å²) in [6.45, 7) is 1.66. The highest BCUT2D eigenvalue weighted by Gasteiger charge is 2.42. The average Bonchev–Trinajstić information content (AvgIpc) is 3.26. The summed E-state index contributed by atoms with van der Waals surface area (Å²) in [4.78, 5) is 10.8. The number of aliphatic carboxylic acids is 1. The number of aliphatic hydroxyl groups excluding tert-OH is 1. The van der Waals surface area contributed by atoms with E-state index in [1.165, 1.54) is 0 Å². The maximum atomic E-state index is 11.2. The minimum Gasteiger partial charge on any atom is -0.490 e. The van der Waals surface area contributed by atoms with E-state index in [1.54, 1.807) is 12.1 Å². The van der Waals surface area contributed by atoms with Gasteiger partial charge in [0.15, 0.2) is 12.6 Å². The molecule has 41 heavy (non-hydrogen) atoms. The summed E-state index contributed by atoms with van der Waals surface area (Å²) < 4.78 is 30.4. The lowest BCUT2D eigenvalue weighted by molar-refractivity contribution is -0.195. The van der Waals surface area contributed by atoms with Crippen LogP contribution in [0.25, 0.3) is 0 Å². The van der Waals surface area contributed by atoms with Gasteiger partial charge in [-0.2, -0.15) is 0 Å². The second-order valence-corrected chi connectivity index (χ2v) is 11.6. The topological polar surface area (TPSA) is 104 Å². The van der Waals surface area contributed by atoms with E-state index in [-0.39, 0.29) is 49.7 Å². The summed E-state index contributed by atoms with van der Waals surface area (Å²) in [5.74, 6) is -0.213. The number of allylic oxidation sites excluding steroid dienone is 2. The quantitative estimate of drug-likeness (QED) is 0.181. The first-order valence-electron chi connectivity index (χ1n) is 15.1. The molecule has 2 unspecified atom stereocenters. The number of halogens is 1. The average molecular weight is 593 g/mol. The number of hydrogen-bond donors (Lipinski definition) is 2. The van der Waals surface area contributed by atoms with Crippen molar-refractivity contribution in [2.24, 2.45) is 11.8 Å². The Bertz CT molecular complexity index is 972. The van der Waals surface area contributed by atoms with Gasteiger partial charge in [0, 0.05) is 37.0 Å². The van der Waals surface area contributed by atoms with Crippen molar-refractivity contribution in [3.8, 4) is 5.75 Å². The molecule has 1 aliphatic carbocycles. The minimum absolute atomic E-state index is 0.0444. The van der Waals surface area contributed by atoms with Gasteiger partial charge in [-0.1, -0.05) is 42.0 Å². The van der Waals surface area contributed by atoms with E-state index in [0.717, 1.165) is 38.5 Å². The van der Waals surface area contributed by atoms with E-state index in [0.29, 0.717) is 49.7 Å². The number of unbranched alkanes of at least 4 members (excludes halogenated alkanes) is 1. The number of benzene rings is 1. The molecule has 3 fully saturated rings. The van der Waals surface area contributed by atoms with Crippen LogP contribution in [-0.2, 0) is 23.7 Å². The molecule has 0 bridgehead atoms. The molecule has 9 heteroatoms. The van der Waals surface area contributed by atoms with Crippen LogP contribution in [0.5, 0.6) is 5.75 Å². The molecule has 8 nitrogen and oxygen atoms in total. The molecule has 7 atom stereocenters. The fraction of sp³-hybridized carbons (Fsp3) is 0.656. The Hall–Kier alpha value is -1.94. The predicted molar refractivity (Wildman–Crippen MR) is 156 cm³/mol. The highest BCUT2D eigenvalue weighted by molar-refractivity contribution is 6.30. The van der Waals surface area contributed by atoms with Gasteiger partial charge in [-0.25, -0.2) is 0 Å². The molecule has 0 aromatic heterocycles. The van der Waals surface area contributed by atoms with Crippen LogP contribution in [0, 0.1) is 11.8 Å². The summed E-state index contributed by atoms with van der Waals surface area (Å²) in [5, 5.41) is 20.7. The van der Waals surface area contributed by atoms with Gasteiger partial charge in [-0.05, 0) is 81.9 Å². The molecule has 0 amide bonds. The number of aliphatic hydroxyl groups is 1. The molecule has 1 aromatic rings. The Labute approximate surface area is 248 Å². The molecule has 3 aliphatic rings. The van der Waals surface area contributed by atoms with Crippen LogP contribution < -0.4 is 4.74 Å². The minimum atomic E-state index is -0.779. The number of ether oxygens (including phenoxy) is 5. The zero-order chi connectivity index (χ0) is 28.9. The van der Waals surface area contributed by atoms with Crippen molar-refractivity contribution in [2.75, 3.05) is 19.8 Å². The molecule has 228 valence electrons. The van der Waals surface area contributed by atoms with Gasteiger partial charge in [-0.3, -0.25) is 4.79 Å². The Morgan fingerprint density at radius 1 is 1.10 bits per heavy atom. The van der Waals surface area contributed by atoms with Crippen molar-refractivity contribution in [1.29, 1.82) is 0 Å². The van der Waals surface area contributed by atoms with Gasteiger partial charge >= 0.3 is 5.97 Å². The summed E-state index contributed by atoms with van der Waals surface area (Å²) >= 11 is 6.14. The standard InChI is InChI=1S/C32H45ClO8/c33-23-10-9-11-24(20-23)39-22-25(40-31-14-5-7-18-37-31)16-17-26-27(12-3-1-2-4-13-30(35)36)29(21-28(26)34)41-32-15-6-8-19-38-32/h1,3,9-11,16-17,20,25-29,31-32,34H,2,4-8,12-15,18-19,21-22H2,(H,35,36)/b3-1-,17-16+/t25-,26-,27-,28-,29+,31?,32?/m1/s1.